The molecule has 0 unspecified atom stereocenters. The van der Waals surface area contributed by atoms with E-state index >= 15 is 0 Å². The lowest BCUT2D eigenvalue weighted by atomic mass is 10.2. The molecule has 1 aromatic carbocycles. The summed E-state index contributed by atoms with van der Waals surface area (Å²) in [5.74, 6) is 1.07. The Morgan fingerprint density at radius 3 is 2.75 bits per heavy atom. The largest absolute Gasteiger partial charge is 0.494 e. The van der Waals surface area contributed by atoms with Crippen LogP contribution in [-0.2, 0) is 4.79 Å². The number of anilines is 1. The summed E-state index contributed by atoms with van der Waals surface area (Å²) in [6.45, 7) is 2.60. The van der Waals surface area contributed by atoms with E-state index in [2.05, 4.69) is 15.5 Å². The van der Waals surface area contributed by atoms with E-state index in [-0.39, 0.29) is 11.8 Å². The van der Waals surface area contributed by atoms with E-state index < -0.39 is 0 Å². The zero-order valence-corrected chi connectivity index (χ0v) is 11.9. The van der Waals surface area contributed by atoms with Gasteiger partial charge in [0.05, 0.1) is 6.61 Å². The van der Waals surface area contributed by atoms with Gasteiger partial charge in [-0.25, -0.2) is 0 Å². The van der Waals surface area contributed by atoms with E-state index in [4.69, 9.17) is 4.74 Å². The minimum atomic E-state index is 0.0550. The van der Waals surface area contributed by atoms with Crippen molar-refractivity contribution >= 4 is 22.4 Å². The molecule has 0 atom stereocenters. The average molecular weight is 289 g/mol. The Labute approximate surface area is 121 Å². The van der Waals surface area contributed by atoms with Crippen molar-refractivity contribution in [2.45, 2.75) is 19.8 Å². The van der Waals surface area contributed by atoms with Crippen molar-refractivity contribution in [2.24, 2.45) is 5.92 Å². The topological polar surface area (TPSA) is 64.1 Å². The smallest absolute Gasteiger partial charge is 0.229 e. The van der Waals surface area contributed by atoms with Crippen molar-refractivity contribution in [3.8, 4) is 16.3 Å². The van der Waals surface area contributed by atoms with E-state index in [0.717, 1.165) is 29.2 Å². The van der Waals surface area contributed by atoms with Gasteiger partial charge in [0.25, 0.3) is 0 Å². The van der Waals surface area contributed by atoms with Gasteiger partial charge in [-0.05, 0) is 44.0 Å². The highest BCUT2D eigenvalue weighted by molar-refractivity contribution is 7.18. The summed E-state index contributed by atoms with van der Waals surface area (Å²) >= 11 is 1.38. The summed E-state index contributed by atoms with van der Waals surface area (Å²) in [6, 6.07) is 7.70. The number of benzene rings is 1. The Kier molecular flexibility index (Phi) is 3.64. The maximum Gasteiger partial charge on any atom is 0.229 e. The molecule has 1 aliphatic carbocycles. The van der Waals surface area contributed by atoms with E-state index in [1.54, 1.807) is 0 Å². The molecule has 0 bridgehead atoms. The van der Waals surface area contributed by atoms with Crippen LogP contribution in [0.3, 0.4) is 0 Å². The fourth-order valence-corrected chi connectivity index (χ4v) is 2.56. The molecule has 1 fully saturated rings. The Morgan fingerprint density at radius 1 is 1.35 bits per heavy atom. The molecule has 1 saturated carbocycles. The van der Waals surface area contributed by atoms with Gasteiger partial charge in [-0.3, -0.25) is 4.79 Å². The first kappa shape index (κ1) is 13.1. The van der Waals surface area contributed by atoms with Crippen LogP contribution >= 0.6 is 11.3 Å². The first-order chi connectivity index (χ1) is 9.76. The van der Waals surface area contributed by atoms with E-state index in [1.165, 1.54) is 11.3 Å². The zero-order chi connectivity index (χ0) is 13.9. The highest BCUT2D eigenvalue weighted by Crippen LogP contribution is 2.32. The van der Waals surface area contributed by atoms with Gasteiger partial charge in [0.1, 0.15) is 10.8 Å². The van der Waals surface area contributed by atoms with Gasteiger partial charge in [0.2, 0.25) is 11.0 Å². The lowest BCUT2D eigenvalue weighted by Gasteiger charge is -2.02. The number of carbonyl (C=O) groups excluding carboxylic acids is 1. The number of amides is 1. The number of nitrogens with zero attached hydrogens (tertiary/aromatic N) is 2. The first-order valence-corrected chi connectivity index (χ1v) is 7.45. The molecule has 1 heterocycles. The highest BCUT2D eigenvalue weighted by atomic mass is 32.1. The molecule has 2 aromatic rings. The third-order valence-corrected chi connectivity index (χ3v) is 3.90. The second kappa shape index (κ2) is 5.58. The van der Waals surface area contributed by atoms with Crippen LogP contribution in [0, 0.1) is 5.92 Å². The monoisotopic (exact) mass is 289 g/mol. The second-order valence-electron chi connectivity index (χ2n) is 4.63. The molecule has 0 radical (unpaired) electrons. The summed E-state index contributed by atoms with van der Waals surface area (Å²) in [5, 5.41) is 12.3. The van der Waals surface area contributed by atoms with Crippen molar-refractivity contribution in [1.82, 2.24) is 10.2 Å². The quantitative estimate of drug-likeness (QED) is 0.919. The Hall–Kier alpha value is -1.95. The summed E-state index contributed by atoms with van der Waals surface area (Å²) in [4.78, 5) is 11.6. The van der Waals surface area contributed by atoms with Crippen LogP contribution in [0.2, 0.25) is 0 Å². The molecule has 1 N–H and O–H groups in total. The summed E-state index contributed by atoms with van der Waals surface area (Å²) < 4.78 is 5.40. The Morgan fingerprint density at radius 2 is 2.10 bits per heavy atom. The van der Waals surface area contributed by atoms with Gasteiger partial charge >= 0.3 is 0 Å². The SMILES string of the molecule is CCOc1ccc(-c2nnc(NC(=O)C3CC3)s2)cc1. The number of carbonyl (C=O) groups is 1. The van der Waals surface area contributed by atoms with Crippen LogP contribution in [0.4, 0.5) is 5.13 Å². The van der Waals surface area contributed by atoms with E-state index in [1.807, 2.05) is 31.2 Å². The van der Waals surface area contributed by atoms with Crippen LogP contribution in [0.1, 0.15) is 19.8 Å². The van der Waals surface area contributed by atoms with Crippen LogP contribution in [-0.4, -0.2) is 22.7 Å². The predicted octanol–water partition coefficient (Wildman–Crippen LogP) is 2.95. The molecule has 1 aromatic heterocycles. The van der Waals surface area contributed by atoms with Gasteiger partial charge in [-0.15, -0.1) is 10.2 Å². The molecule has 20 heavy (non-hydrogen) atoms. The molecule has 5 nitrogen and oxygen atoms in total. The fraction of sp³-hybridized carbons (Fsp3) is 0.357. The molecule has 1 amide bonds. The first-order valence-electron chi connectivity index (χ1n) is 6.64. The zero-order valence-electron chi connectivity index (χ0n) is 11.1. The highest BCUT2D eigenvalue weighted by Gasteiger charge is 2.30. The third kappa shape index (κ3) is 2.96. The molecule has 0 aliphatic heterocycles. The number of aromatic nitrogens is 2. The molecule has 1 aliphatic rings. The average Bonchev–Trinajstić information content (AvgIpc) is 3.21. The lowest BCUT2D eigenvalue weighted by molar-refractivity contribution is -0.117. The lowest BCUT2D eigenvalue weighted by Crippen LogP contribution is -2.12. The van der Waals surface area contributed by atoms with Gasteiger partial charge in [-0.1, -0.05) is 11.3 Å². The number of nitrogens with one attached hydrogen (secondary N) is 1. The van der Waals surface area contributed by atoms with E-state index in [9.17, 15) is 4.79 Å². The van der Waals surface area contributed by atoms with Gasteiger partial charge in [0, 0.05) is 11.5 Å². The fourth-order valence-electron chi connectivity index (χ4n) is 1.80. The van der Waals surface area contributed by atoms with Crippen LogP contribution in [0.5, 0.6) is 5.75 Å². The summed E-state index contributed by atoms with van der Waals surface area (Å²) in [7, 11) is 0. The van der Waals surface area contributed by atoms with Gasteiger partial charge < -0.3 is 10.1 Å². The summed E-state index contributed by atoms with van der Waals surface area (Å²) in [6.07, 6.45) is 1.97. The molecular weight excluding hydrogens is 274 g/mol. The van der Waals surface area contributed by atoms with Crippen LogP contribution < -0.4 is 10.1 Å². The van der Waals surface area contributed by atoms with Gasteiger partial charge in [0.15, 0.2) is 0 Å². The van der Waals surface area contributed by atoms with Crippen molar-refractivity contribution in [2.75, 3.05) is 11.9 Å². The Bertz CT molecular complexity index is 605. The predicted molar refractivity (Wildman–Crippen MR) is 77.9 cm³/mol. The number of hydrogen-bond donors (Lipinski definition) is 1. The molecule has 104 valence electrons. The van der Waals surface area contributed by atoms with E-state index in [0.29, 0.717) is 11.7 Å². The minimum absolute atomic E-state index is 0.0550. The Balaban J connectivity index is 1.70. The maximum atomic E-state index is 11.6. The second-order valence-corrected chi connectivity index (χ2v) is 5.61. The molecule has 0 saturated heterocycles. The number of ether oxygens (including phenoxy) is 1. The van der Waals surface area contributed by atoms with Crippen LogP contribution in [0.15, 0.2) is 24.3 Å². The minimum Gasteiger partial charge on any atom is -0.494 e. The number of hydrogen-bond acceptors (Lipinski definition) is 5. The van der Waals surface area contributed by atoms with Gasteiger partial charge in [-0.2, -0.15) is 0 Å². The molecular formula is C14H15N3O2S. The summed E-state index contributed by atoms with van der Waals surface area (Å²) in [5.41, 5.74) is 0.970. The standard InChI is InChI=1S/C14H15N3O2S/c1-2-19-11-7-5-10(6-8-11)13-16-17-14(20-13)15-12(18)9-3-4-9/h5-9H,2-4H2,1H3,(H,15,17,18). The molecule has 6 heteroatoms. The van der Waals surface area contributed by atoms with Crippen molar-refractivity contribution in [1.29, 1.82) is 0 Å². The molecule has 3 rings (SSSR count). The van der Waals surface area contributed by atoms with Crippen molar-refractivity contribution in [3.63, 3.8) is 0 Å². The van der Waals surface area contributed by atoms with Crippen LogP contribution in [0.25, 0.3) is 10.6 Å². The third-order valence-electron chi connectivity index (χ3n) is 3.02. The van der Waals surface area contributed by atoms with Crippen molar-refractivity contribution in [3.05, 3.63) is 24.3 Å². The normalized spacial score (nSPS) is 14.1. The van der Waals surface area contributed by atoms with Crippen molar-refractivity contribution < 1.29 is 9.53 Å². The number of rotatable bonds is 5. The maximum absolute atomic E-state index is 11.6. The molecule has 0 spiro atoms.